The van der Waals surface area contributed by atoms with E-state index in [0.29, 0.717) is 51.9 Å². The first-order chi connectivity index (χ1) is 35.6. The van der Waals surface area contributed by atoms with E-state index in [0.717, 1.165) is 70.8 Å². The lowest BCUT2D eigenvalue weighted by molar-refractivity contribution is -0.152. The van der Waals surface area contributed by atoms with E-state index in [1.807, 2.05) is 48.5 Å². The van der Waals surface area contributed by atoms with Crippen LogP contribution < -0.4 is 16.0 Å². The molecule has 6 atom stereocenters. The number of nitrogens with zero attached hydrogens (tertiary/aromatic N) is 3. The summed E-state index contributed by atoms with van der Waals surface area (Å²) in [6.45, 7) is 31.9. The summed E-state index contributed by atoms with van der Waals surface area (Å²) in [5.74, 6) is -1.56. The Morgan fingerprint density at radius 2 is 1.01 bits per heavy atom. The number of carboxylic acids is 1. The molecule has 0 bridgehead atoms. The Bertz CT molecular complexity index is 2120. The molecule has 0 unspecified atom stereocenters. The lowest BCUT2D eigenvalue weighted by Gasteiger charge is -2.37. The molecule has 0 saturated carbocycles. The number of methoxy groups -OCH3 is 2. The van der Waals surface area contributed by atoms with Gasteiger partial charge in [0.05, 0.1) is 43.2 Å². The van der Waals surface area contributed by atoms with Crippen molar-refractivity contribution in [2.24, 2.45) is 10.8 Å². The van der Waals surface area contributed by atoms with E-state index in [9.17, 15) is 28.8 Å². The van der Waals surface area contributed by atoms with E-state index in [1.54, 1.807) is 30.6 Å². The molecule has 0 spiro atoms. The van der Waals surface area contributed by atoms with E-state index in [1.165, 1.54) is 19.1 Å². The summed E-state index contributed by atoms with van der Waals surface area (Å²) in [5, 5.41) is 19.1. The average Bonchev–Trinajstić information content (AvgIpc) is 4.17. The monoisotopic (exact) mass is 1090 g/mol. The number of esters is 2. The van der Waals surface area contributed by atoms with Crippen molar-refractivity contribution in [2.45, 2.75) is 231 Å². The van der Waals surface area contributed by atoms with Crippen LogP contribution in [0.15, 0.2) is 0 Å². The van der Waals surface area contributed by atoms with Crippen molar-refractivity contribution in [3.05, 3.63) is 0 Å². The van der Waals surface area contributed by atoms with Crippen molar-refractivity contribution < 1.29 is 71.4 Å². The number of hydrogen-bond donors (Lipinski definition) is 4. The van der Waals surface area contributed by atoms with Crippen LogP contribution in [0.2, 0.25) is 12.6 Å². The molecular weight excluding hydrogens is 994 g/mol. The Kier molecular flexibility index (Phi) is 18.7. The van der Waals surface area contributed by atoms with E-state index in [2.05, 4.69) is 43.6 Å². The standard InChI is InChI=1S/C27H46BN3O7.C17H31BN2O4.C10H17NO4/c1-23(2,3)36-22(34)31-16-9-11-19(31)20(32)30-17-26(13-15-29-27(26,18-30)21(33)35-8)12-10-14-28-37-24(4,5)25(6,7)38-28;1-14(2)15(3,4)24-18(23-14)9-6-7-16-8-10-20-17(16,12-19-11-16)13(21)22-5;1-10(2,3)15-9(14)11-6-4-5-7(11)8(12)13/h19,29H,9-18H2,1-8H3;19-20H,6-12H2,1-5H3;7H,4-6H2,1-3H3,(H,12,13)/t19-,26+,27+;16-,17-;7-/m010/s1. The fourth-order valence-electron chi connectivity index (χ4n) is 12.7. The van der Waals surface area contributed by atoms with Crippen LogP contribution in [0.25, 0.3) is 0 Å². The number of rotatable bonds is 12. The van der Waals surface area contributed by atoms with Gasteiger partial charge in [0.2, 0.25) is 5.91 Å². The van der Waals surface area contributed by atoms with Gasteiger partial charge in [-0.1, -0.05) is 12.8 Å². The predicted octanol–water partition coefficient (Wildman–Crippen LogP) is 5.82. The van der Waals surface area contributed by atoms with Gasteiger partial charge in [0.25, 0.3) is 0 Å². The number of nitrogens with one attached hydrogen (secondary N) is 3. The highest BCUT2D eigenvalue weighted by molar-refractivity contribution is 6.45. The molecule has 8 fully saturated rings. The fraction of sp³-hybridized carbons (Fsp3) is 0.889. The lowest BCUT2D eigenvalue weighted by atomic mass is 9.67. The van der Waals surface area contributed by atoms with Gasteiger partial charge < -0.3 is 58.2 Å². The number of carbonyl (C=O) groups excluding carboxylic acids is 5. The summed E-state index contributed by atoms with van der Waals surface area (Å²) < 4.78 is 45.6. The average molecular weight is 1090 g/mol. The molecule has 8 aliphatic heterocycles. The van der Waals surface area contributed by atoms with E-state index < -0.39 is 69.1 Å². The molecular formula is C54H94B2N6O15. The van der Waals surface area contributed by atoms with Crippen molar-refractivity contribution in [1.82, 2.24) is 30.7 Å². The van der Waals surface area contributed by atoms with Crippen molar-refractivity contribution in [2.75, 3.05) is 66.6 Å². The molecule has 0 radical (unpaired) electrons. The molecule has 4 N–H and O–H groups in total. The summed E-state index contributed by atoms with van der Waals surface area (Å²) in [6.07, 6.45) is 8.31. The minimum Gasteiger partial charge on any atom is -0.480 e. The van der Waals surface area contributed by atoms with Gasteiger partial charge in [-0.3, -0.25) is 19.9 Å². The first-order valence-electron chi connectivity index (χ1n) is 28.2. The van der Waals surface area contributed by atoms with Crippen LogP contribution >= 0.6 is 0 Å². The first kappa shape index (κ1) is 62.5. The van der Waals surface area contributed by atoms with Gasteiger partial charge in [-0.2, -0.15) is 0 Å². The molecule has 8 rings (SSSR count). The molecule has 77 heavy (non-hydrogen) atoms. The second-order valence-corrected chi connectivity index (χ2v) is 26.7. The van der Waals surface area contributed by atoms with Crippen LogP contribution in [0, 0.1) is 10.8 Å². The molecule has 3 amide bonds. The Morgan fingerprint density at radius 3 is 1.47 bits per heavy atom. The zero-order valence-corrected chi connectivity index (χ0v) is 49.5. The number of carbonyl (C=O) groups is 6. The first-order valence-corrected chi connectivity index (χ1v) is 28.2. The highest BCUT2D eigenvalue weighted by Gasteiger charge is 2.67. The third-order valence-corrected chi connectivity index (χ3v) is 18.2. The Morgan fingerprint density at radius 1 is 0.597 bits per heavy atom. The smallest absolute Gasteiger partial charge is 0.457 e. The normalized spacial score (nSPS) is 31.5. The fourth-order valence-corrected chi connectivity index (χ4v) is 12.7. The summed E-state index contributed by atoms with van der Waals surface area (Å²) in [4.78, 5) is 79.4. The number of carboxylic acid groups (broad SMARTS) is 1. The van der Waals surface area contributed by atoms with Crippen LogP contribution in [0.3, 0.4) is 0 Å². The van der Waals surface area contributed by atoms with Crippen LogP contribution in [0.4, 0.5) is 9.59 Å². The molecule has 8 saturated heterocycles. The van der Waals surface area contributed by atoms with Gasteiger partial charge in [-0.15, -0.1) is 0 Å². The molecule has 0 aliphatic carbocycles. The maximum atomic E-state index is 13.8. The number of hydrogen-bond acceptors (Lipinski definition) is 17. The van der Waals surface area contributed by atoms with Gasteiger partial charge in [0.15, 0.2) is 0 Å². The Balaban J connectivity index is 0.000000209. The molecule has 8 heterocycles. The Labute approximate surface area is 458 Å². The SMILES string of the molecule is CC(C)(C)OC(=O)N1CCC[C@H]1C(=O)O.COC(=O)[C@]12CN(C(=O)[C@@H]3CCCN3C(=O)OC(C)(C)C)C[C@@]1(CCCB1OC(C)(C)C(C)(C)O1)CCN2.COC(=O)[C@]12CNC[C@@]1(CCCB1OC(C)(C)C(C)(C)O1)CCN2. The van der Waals surface area contributed by atoms with Crippen molar-refractivity contribution >= 4 is 50.2 Å². The largest absolute Gasteiger partial charge is 0.480 e. The summed E-state index contributed by atoms with van der Waals surface area (Å²) >= 11 is 0. The maximum absolute atomic E-state index is 13.8. The van der Waals surface area contributed by atoms with Gasteiger partial charge in [-0.25, -0.2) is 24.0 Å². The molecule has 436 valence electrons. The molecule has 21 nitrogen and oxygen atoms in total. The summed E-state index contributed by atoms with van der Waals surface area (Å²) in [7, 11) is 2.41. The second-order valence-electron chi connectivity index (χ2n) is 26.7. The van der Waals surface area contributed by atoms with Crippen molar-refractivity contribution in [3.8, 4) is 0 Å². The van der Waals surface area contributed by atoms with Crippen molar-refractivity contribution in [1.29, 1.82) is 0 Å². The highest BCUT2D eigenvalue weighted by Crippen LogP contribution is 2.52. The number of fused-ring (bicyclic) bond motifs is 2. The summed E-state index contributed by atoms with van der Waals surface area (Å²) in [5.41, 5.74) is -4.64. The number of ether oxygens (including phenoxy) is 4. The number of amides is 3. The molecule has 0 aromatic rings. The quantitative estimate of drug-likeness (QED) is 0.102. The zero-order chi connectivity index (χ0) is 57.4. The van der Waals surface area contributed by atoms with Crippen molar-refractivity contribution in [3.63, 3.8) is 0 Å². The molecule has 0 aromatic carbocycles. The van der Waals surface area contributed by atoms with Crippen LogP contribution in [-0.4, -0.2) is 193 Å². The zero-order valence-electron chi connectivity index (χ0n) is 49.5. The Hall–Kier alpha value is -3.73. The third-order valence-electron chi connectivity index (χ3n) is 18.2. The molecule has 0 aromatic heterocycles. The van der Waals surface area contributed by atoms with E-state index in [-0.39, 0.29) is 55.2 Å². The second kappa shape index (κ2) is 23.0. The van der Waals surface area contributed by atoms with Crippen LogP contribution in [-0.2, 0) is 56.7 Å². The van der Waals surface area contributed by atoms with Gasteiger partial charge in [0, 0.05) is 43.6 Å². The topological polar surface area (TPSA) is 242 Å². The predicted molar refractivity (Wildman–Crippen MR) is 289 cm³/mol. The molecule has 23 heteroatoms. The summed E-state index contributed by atoms with van der Waals surface area (Å²) in [6, 6.07) is -1.31. The van der Waals surface area contributed by atoms with Gasteiger partial charge >= 0.3 is 44.3 Å². The number of likely N-dealkylation sites (tertiary alicyclic amines) is 3. The third kappa shape index (κ3) is 12.9. The van der Waals surface area contributed by atoms with Crippen LogP contribution in [0.1, 0.15) is 161 Å². The van der Waals surface area contributed by atoms with Gasteiger partial charge in [0.1, 0.15) is 34.4 Å². The van der Waals surface area contributed by atoms with Crippen LogP contribution in [0.5, 0.6) is 0 Å². The lowest BCUT2D eigenvalue weighted by Crippen LogP contribution is -2.59. The minimum atomic E-state index is -0.970. The molecule has 8 aliphatic rings. The minimum absolute atomic E-state index is 0.0657. The van der Waals surface area contributed by atoms with E-state index >= 15 is 0 Å². The maximum Gasteiger partial charge on any atom is 0.457 e. The number of aliphatic carboxylic acids is 1. The van der Waals surface area contributed by atoms with Gasteiger partial charge in [-0.05, 0) is 174 Å². The highest BCUT2D eigenvalue weighted by atomic mass is 16.7. The van der Waals surface area contributed by atoms with E-state index in [4.69, 9.17) is 42.7 Å².